The van der Waals surface area contributed by atoms with Crippen LogP contribution in [0.1, 0.15) is 16.1 Å². The van der Waals surface area contributed by atoms with Crippen LogP contribution >= 0.6 is 0 Å². The first kappa shape index (κ1) is 21.2. The van der Waals surface area contributed by atoms with Gasteiger partial charge in [0.2, 0.25) is 11.7 Å². The number of carbonyl (C=O) groups excluding carboxylic acids is 2. The number of likely N-dealkylation sites (N-methyl/N-ethyl adjacent to an activating group) is 1. The van der Waals surface area contributed by atoms with E-state index in [4.69, 9.17) is 9.15 Å². The van der Waals surface area contributed by atoms with Crippen LogP contribution in [0.25, 0.3) is 22.1 Å². The van der Waals surface area contributed by atoms with Crippen LogP contribution in [0.2, 0.25) is 0 Å². The molecule has 1 heterocycles. The van der Waals surface area contributed by atoms with Gasteiger partial charge in [-0.3, -0.25) is 9.59 Å². The Kier molecular flexibility index (Phi) is 5.94. The SMILES string of the molecule is COc1ccc2c(-c3ccccc3)c(C(=O)Nc3ccc(CC(=O)N(C)C)cc3)oc2c1. The van der Waals surface area contributed by atoms with Crippen LogP contribution in [0, 0.1) is 0 Å². The fraction of sp³-hybridized carbons (Fsp3) is 0.154. The Morgan fingerprint density at radius 2 is 1.69 bits per heavy atom. The van der Waals surface area contributed by atoms with Crippen molar-refractivity contribution < 1.29 is 18.7 Å². The van der Waals surface area contributed by atoms with Gasteiger partial charge in [0.15, 0.2) is 0 Å². The molecule has 4 aromatic rings. The number of furan rings is 1. The van der Waals surface area contributed by atoms with Gasteiger partial charge >= 0.3 is 0 Å². The monoisotopic (exact) mass is 428 g/mol. The molecule has 0 bridgehead atoms. The molecule has 1 N–H and O–H groups in total. The zero-order valence-corrected chi connectivity index (χ0v) is 18.2. The number of hydrogen-bond donors (Lipinski definition) is 1. The van der Waals surface area contributed by atoms with E-state index in [1.807, 2.05) is 54.6 Å². The van der Waals surface area contributed by atoms with E-state index in [0.717, 1.165) is 22.1 Å². The second kappa shape index (κ2) is 8.98. The number of benzene rings is 3. The summed E-state index contributed by atoms with van der Waals surface area (Å²) in [4.78, 5) is 26.6. The molecule has 3 aromatic carbocycles. The number of nitrogens with one attached hydrogen (secondary N) is 1. The van der Waals surface area contributed by atoms with Gasteiger partial charge in [-0.25, -0.2) is 0 Å². The molecule has 0 aliphatic rings. The lowest BCUT2D eigenvalue weighted by Crippen LogP contribution is -2.23. The van der Waals surface area contributed by atoms with E-state index in [1.165, 1.54) is 0 Å². The van der Waals surface area contributed by atoms with Crippen molar-refractivity contribution in [3.63, 3.8) is 0 Å². The molecule has 0 aliphatic heterocycles. The normalized spacial score (nSPS) is 10.7. The van der Waals surface area contributed by atoms with Crippen LogP contribution in [0.4, 0.5) is 5.69 Å². The second-order valence-corrected chi connectivity index (χ2v) is 7.65. The fourth-order valence-electron chi connectivity index (χ4n) is 3.48. The number of anilines is 1. The molecule has 6 heteroatoms. The van der Waals surface area contributed by atoms with Crippen molar-refractivity contribution in [2.75, 3.05) is 26.5 Å². The lowest BCUT2D eigenvalue weighted by atomic mass is 10.0. The number of ether oxygens (including phenoxy) is 1. The first-order valence-corrected chi connectivity index (χ1v) is 10.2. The molecule has 32 heavy (non-hydrogen) atoms. The lowest BCUT2D eigenvalue weighted by molar-refractivity contribution is -0.127. The van der Waals surface area contributed by atoms with Crippen LogP contribution in [0.3, 0.4) is 0 Å². The predicted molar refractivity (Wildman–Crippen MR) is 125 cm³/mol. The summed E-state index contributed by atoms with van der Waals surface area (Å²) in [6.07, 6.45) is 0.310. The van der Waals surface area contributed by atoms with Crippen LogP contribution in [-0.4, -0.2) is 37.9 Å². The highest BCUT2D eigenvalue weighted by Crippen LogP contribution is 2.37. The van der Waals surface area contributed by atoms with Crippen molar-refractivity contribution in [3.05, 3.63) is 84.1 Å². The number of nitrogens with zero attached hydrogens (tertiary/aromatic N) is 1. The average molecular weight is 428 g/mol. The number of methoxy groups -OCH3 is 1. The number of rotatable bonds is 6. The third-order valence-electron chi connectivity index (χ3n) is 5.23. The number of amides is 2. The summed E-state index contributed by atoms with van der Waals surface area (Å²) in [6.45, 7) is 0. The van der Waals surface area contributed by atoms with Gasteiger partial charge in [0.25, 0.3) is 5.91 Å². The first-order valence-electron chi connectivity index (χ1n) is 10.2. The molecule has 0 aliphatic carbocycles. The number of fused-ring (bicyclic) bond motifs is 1. The molecular weight excluding hydrogens is 404 g/mol. The minimum Gasteiger partial charge on any atom is -0.497 e. The topological polar surface area (TPSA) is 71.8 Å². The quantitative estimate of drug-likeness (QED) is 0.470. The molecule has 0 saturated heterocycles. The van der Waals surface area contributed by atoms with Crippen molar-refractivity contribution >= 4 is 28.5 Å². The second-order valence-electron chi connectivity index (χ2n) is 7.65. The molecule has 0 atom stereocenters. The molecule has 0 radical (unpaired) electrons. The van der Waals surface area contributed by atoms with Crippen molar-refractivity contribution in [1.82, 2.24) is 4.90 Å². The Labute approximate surface area is 186 Å². The van der Waals surface area contributed by atoms with E-state index in [0.29, 0.717) is 23.4 Å². The molecule has 0 fully saturated rings. The molecule has 162 valence electrons. The molecule has 0 spiro atoms. The van der Waals surface area contributed by atoms with Gasteiger partial charge in [-0.2, -0.15) is 0 Å². The molecule has 0 unspecified atom stereocenters. The largest absolute Gasteiger partial charge is 0.497 e. The van der Waals surface area contributed by atoms with Crippen LogP contribution < -0.4 is 10.1 Å². The van der Waals surface area contributed by atoms with Gasteiger partial charge in [0, 0.05) is 36.8 Å². The van der Waals surface area contributed by atoms with E-state index in [9.17, 15) is 9.59 Å². The van der Waals surface area contributed by atoms with E-state index in [2.05, 4.69) is 5.32 Å². The fourth-order valence-corrected chi connectivity index (χ4v) is 3.48. The Morgan fingerprint density at radius 3 is 2.34 bits per heavy atom. The third-order valence-corrected chi connectivity index (χ3v) is 5.23. The van der Waals surface area contributed by atoms with Gasteiger partial charge in [-0.15, -0.1) is 0 Å². The van der Waals surface area contributed by atoms with Crippen LogP contribution in [0.5, 0.6) is 5.75 Å². The number of carbonyl (C=O) groups is 2. The van der Waals surface area contributed by atoms with Crippen molar-refractivity contribution in [3.8, 4) is 16.9 Å². The van der Waals surface area contributed by atoms with Gasteiger partial charge in [-0.05, 0) is 35.4 Å². The van der Waals surface area contributed by atoms with Gasteiger partial charge in [0.05, 0.1) is 13.5 Å². The van der Waals surface area contributed by atoms with E-state index >= 15 is 0 Å². The maximum absolute atomic E-state index is 13.2. The standard InChI is InChI=1S/C26H24N2O4/c1-28(2)23(29)15-17-9-11-19(12-10-17)27-26(30)25-24(18-7-5-4-6-8-18)21-14-13-20(31-3)16-22(21)32-25/h4-14,16H,15H2,1-3H3,(H,27,30). The Balaban J connectivity index is 1.65. The average Bonchev–Trinajstić information content (AvgIpc) is 3.19. The highest BCUT2D eigenvalue weighted by Gasteiger charge is 2.22. The van der Waals surface area contributed by atoms with Crippen molar-refractivity contribution in [2.24, 2.45) is 0 Å². The zero-order chi connectivity index (χ0) is 22.7. The van der Waals surface area contributed by atoms with Gasteiger partial charge < -0.3 is 19.4 Å². The van der Waals surface area contributed by atoms with Crippen molar-refractivity contribution in [1.29, 1.82) is 0 Å². The molecule has 4 rings (SSSR count). The van der Waals surface area contributed by atoms with E-state index in [-0.39, 0.29) is 17.6 Å². The maximum atomic E-state index is 13.2. The Morgan fingerprint density at radius 1 is 0.969 bits per heavy atom. The van der Waals surface area contributed by atoms with E-state index < -0.39 is 0 Å². The Bertz CT molecular complexity index is 1260. The highest BCUT2D eigenvalue weighted by molar-refractivity contribution is 6.12. The molecule has 2 amide bonds. The van der Waals surface area contributed by atoms with Crippen LogP contribution in [0.15, 0.2) is 77.2 Å². The summed E-state index contributed by atoms with van der Waals surface area (Å²) in [5.74, 6) is 0.551. The zero-order valence-electron chi connectivity index (χ0n) is 18.2. The summed E-state index contributed by atoms with van der Waals surface area (Å²) in [6, 6.07) is 22.4. The Hall–Kier alpha value is -4.06. The highest BCUT2D eigenvalue weighted by atomic mass is 16.5. The summed E-state index contributed by atoms with van der Waals surface area (Å²) >= 11 is 0. The molecule has 0 saturated carbocycles. The first-order chi connectivity index (χ1) is 15.5. The summed E-state index contributed by atoms with van der Waals surface area (Å²) in [5, 5.41) is 3.74. The van der Waals surface area contributed by atoms with Crippen molar-refractivity contribution in [2.45, 2.75) is 6.42 Å². The molecular formula is C26H24N2O4. The third kappa shape index (κ3) is 4.34. The van der Waals surface area contributed by atoms with Crippen LogP contribution in [-0.2, 0) is 11.2 Å². The predicted octanol–water partition coefficient (Wildman–Crippen LogP) is 4.99. The summed E-state index contributed by atoms with van der Waals surface area (Å²) in [7, 11) is 5.04. The lowest BCUT2D eigenvalue weighted by Gasteiger charge is -2.10. The summed E-state index contributed by atoms with van der Waals surface area (Å²) < 4.78 is 11.3. The van der Waals surface area contributed by atoms with Gasteiger partial charge in [0.1, 0.15) is 11.3 Å². The minimum absolute atomic E-state index is 0.0204. The molecule has 1 aromatic heterocycles. The smallest absolute Gasteiger partial charge is 0.292 e. The summed E-state index contributed by atoms with van der Waals surface area (Å²) in [5.41, 5.74) is 3.69. The minimum atomic E-state index is -0.351. The number of hydrogen-bond acceptors (Lipinski definition) is 4. The maximum Gasteiger partial charge on any atom is 0.292 e. The molecule has 6 nitrogen and oxygen atoms in total. The van der Waals surface area contributed by atoms with Gasteiger partial charge in [-0.1, -0.05) is 42.5 Å². The van der Waals surface area contributed by atoms with E-state index in [1.54, 1.807) is 44.3 Å².